The Bertz CT molecular complexity index is 531. The van der Waals surface area contributed by atoms with E-state index in [-0.39, 0.29) is 0 Å². The highest BCUT2D eigenvalue weighted by molar-refractivity contribution is 4.85. The summed E-state index contributed by atoms with van der Waals surface area (Å²) >= 11 is 0. The van der Waals surface area contributed by atoms with Crippen LogP contribution in [0.4, 0.5) is 0 Å². The van der Waals surface area contributed by atoms with Crippen LogP contribution >= 0.6 is 0 Å². The van der Waals surface area contributed by atoms with Gasteiger partial charge in [0.25, 0.3) is 5.82 Å². The van der Waals surface area contributed by atoms with Crippen LogP contribution in [-0.4, -0.2) is 4.57 Å². The Morgan fingerprint density at radius 2 is 0.970 bits per heavy atom. The zero-order valence-electron chi connectivity index (χ0n) is 23.4. The molecular weight excluding hydrogens is 400 g/mol. The van der Waals surface area contributed by atoms with Gasteiger partial charge in [-0.1, -0.05) is 129 Å². The van der Waals surface area contributed by atoms with Crippen molar-refractivity contribution in [1.82, 2.24) is 4.57 Å². The summed E-state index contributed by atoms with van der Waals surface area (Å²) in [5.41, 5.74) is 0. The number of hydrogen-bond acceptors (Lipinski definition) is 0. The van der Waals surface area contributed by atoms with Gasteiger partial charge in [-0.2, -0.15) is 0 Å². The number of rotatable bonds is 24. The van der Waals surface area contributed by atoms with Crippen LogP contribution in [0.3, 0.4) is 0 Å². The van der Waals surface area contributed by atoms with Crippen LogP contribution in [0.2, 0.25) is 0 Å². The summed E-state index contributed by atoms with van der Waals surface area (Å²) in [7, 11) is 0. The first-order valence-corrected chi connectivity index (χ1v) is 15.3. The summed E-state index contributed by atoms with van der Waals surface area (Å²) in [6.07, 6.45) is 35.8. The van der Waals surface area contributed by atoms with E-state index < -0.39 is 0 Å². The molecule has 0 aliphatic carbocycles. The van der Waals surface area contributed by atoms with E-state index >= 15 is 0 Å². The molecule has 0 N–H and O–H groups in total. The zero-order chi connectivity index (χ0) is 24.0. The normalized spacial score (nSPS) is 11.7. The lowest BCUT2D eigenvalue weighted by Gasteiger charge is -2.08. The maximum Gasteiger partial charge on any atom is 0.256 e. The van der Waals surface area contributed by atoms with Gasteiger partial charge in [-0.3, -0.25) is 0 Å². The van der Waals surface area contributed by atoms with E-state index in [4.69, 9.17) is 0 Å². The van der Waals surface area contributed by atoms with Crippen LogP contribution in [0.1, 0.15) is 174 Å². The van der Waals surface area contributed by atoms with Gasteiger partial charge in [-0.05, 0) is 33.1 Å². The number of nitrogens with zero attached hydrogens (tertiary/aromatic N) is 2. The fraction of sp³-hybridized carbons (Fsp3) is 0.903. The van der Waals surface area contributed by atoms with Crippen molar-refractivity contribution < 1.29 is 4.57 Å². The fourth-order valence-electron chi connectivity index (χ4n) is 5.14. The van der Waals surface area contributed by atoms with E-state index in [1.807, 2.05) is 0 Å². The Kier molecular flexibility index (Phi) is 19.9. The molecule has 0 aliphatic heterocycles. The highest BCUT2D eigenvalue weighted by Gasteiger charge is 2.18. The summed E-state index contributed by atoms with van der Waals surface area (Å²) in [5, 5.41) is 0. The maximum absolute atomic E-state index is 2.57. The minimum absolute atomic E-state index is 0.571. The van der Waals surface area contributed by atoms with Crippen LogP contribution in [0.15, 0.2) is 12.4 Å². The third-order valence-corrected chi connectivity index (χ3v) is 7.35. The smallest absolute Gasteiger partial charge is 0.234 e. The van der Waals surface area contributed by atoms with Gasteiger partial charge in [0, 0.05) is 6.42 Å². The lowest BCUT2D eigenvalue weighted by Crippen LogP contribution is -2.39. The third kappa shape index (κ3) is 15.7. The molecule has 0 atom stereocenters. The number of aromatic nitrogens is 2. The molecule has 0 unspecified atom stereocenters. The van der Waals surface area contributed by atoms with E-state index in [0.29, 0.717) is 6.04 Å². The standard InChI is InChI=1S/C31H61N2/c1-5-7-9-11-13-14-15-16-17-18-19-21-23-25-27-32-28-29-33(30(3)4)31(32)26-24-22-20-12-10-8-6-2/h28-30H,5-27H2,1-4H3/q+1. The average molecular weight is 462 g/mol. The summed E-state index contributed by atoms with van der Waals surface area (Å²) < 4.78 is 5.08. The average Bonchev–Trinajstić information content (AvgIpc) is 3.21. The van der Waals surface area contributed by atoms with Crippen molar-refractivity contribution >= 4 is 0 Å². The summed E-state index contributed by atoms with van der Waals surface area (Å²) in [6.45, 7) is 10.5. The molecule has 0 aromatic carbocycles. The van der Waals surface area contributed by atoms with Crippen LogP contribution in [0.25, 0.3) is 0 Å². The Labute approximate surface area is 208 Å². The minimum atomic E-state index is 0.571. The van der Waals surface area contributed by atoms with Crippen molar-refractivity contribution in [3.05, 3.63) is 18.2 Å². The van der Waals surface area contributed by atoms with Crippen LogP contribution in [0.5, 0.6) is 0 Å². The Morgan fingerprint density at radius 1 is 0.576 bits per heavy atom. The highest BCUT2D eigenvalue weighted by atomic mass is 15.2. The second-order valence-electron chi connectivity index (χ2n) is 10.9. The Morgan fingerprint density at radius 3 is 1.39 bits per heavy atom. The molecule has 2 heteroatoms. The van der Waals surface area contributed by atoms with Crippen molar-refractivity contribution in [3.63, 3.8) is 0 Å². The second-order valence-corrected chi connectivity index (χ2v) is 10.9. The molecule has 0 amide bonds. The number of unbranched alkanes of at least 4 members (excludes halogenated alkanes) is 19. The van der Waals surface area contributed by atoms with Gasteiger partial charge in [0.1, 0.15) is 12.4 Å². The van der Waals surface area contributed by atoms with E-state index in [0.717, 1.165) is 0 Å². The maximum atomic E-state index is 2.57. The molecule has 0 aliphatic rings. The summed E-state index contributed by atoms with van der Waals surface area (Å²) in [5.74, 6) is 1.56. The highest BCUT2D eigenvalue weighted by Crippen LogP contribution is 2.15. The molecule has 1 heterocycles. The lowest BCUT2D eigenvalue weighted by molar-refractivity contribution is -0.722. The van der Waals surface area contributed by atoms with Gasteiger partial charge >= 0.3 is 0 Å². The van der Waals surface area contributed by atoms with E-state index in [1.54, 1.807) is 5.82 Å². The quantitative estimate of drug-likeness (QED) is 0.107. The van der Waals surface area contributed by atoms with Gasteiger partial charge in [0.2, 0.25) is 0 Å². The topological polar surface area (TPSA) is 8.81 Å². The molecule has 0 saturated heterocycles. The van der Waals surface area contributed by atoms with E-state index in [2.05, 4.69) is 49.2 Å². The second kappa shape index (κ2) is 21.7. The molecule has 1 rings (SSSR count). The predicted octanol–water partition coefficient (Wildman–Crippen LogP) is 10.1. The van der Waals surface area contributed by atoms with Crippen molar-refractivity contribution in [2.45, 2.75) is 182 Å². The molecule has 1 aromatic rings. The molecule has 194 valence electrons. The van der Waals surface area contributed by atoms with E-state index in [1.165, 1.54) is 148 Å². The van der Waals surface area contributed by atoms with Gasteiger partial charge in [0.05, 0.1) is 12.6 Å². The molecule has 0 spiro atoms. The molecule has 0 fully saturated rings. The van der Waals surface area contributed by atoms with Gasteiger partial charge < -0.3 is 0 Å². The molecule has 0 bridgehead atoms. The molecule has 0 saturated carbocycles. The number of hydrogen-bond donors (Lipinski definition) is 0. The largest absolute Gasteiger partial charge is 0.256 e. The molecule has 33 heavy (non-hydrogen) atoms. The Hall–Kier alpha value is -0.790. The molecule has 0 radical (unpaired) electrons. The van der Waals surface area contributed by atoms with Crippen LogP contribution in [0, 0.1) is 0 Å². The Balaban J connectivity index is 2.10. The van der Waals surface area contributed by atoms with Crippen LogP contribution < -0.4 is 4.57 Å². The van der Waals surface area contributed by atoms with E-state index in [9.17, 15) is 0 Å². The molecule has 1 aromatic heterocycles. The first-order chi connectivity index (χ1) is 16.2. The monoisotopic (exact) mass is 461 g/mol. The van der Waals surface area contributed by atoms with Gasteiger partial charge in [0.15, 0.2) is 0 Å². The first-order valence-electron chi connectivity index (χ1n) is 15.3. The number of imidazole rings is 1. The fourth-order valence-corrected chi connectivity index (χ4v) is 5.14. The summed E-state index contributed by atoms with van der Waals surface area (Å²) in [6, 6.07) is 0.571. The minimum Gasteiger partial charge on any atom is -0.234 e. The van der Waals surface area contributed by atoms with Crippen LogP contribution in [-0.2, 0) is 13.0 Å². The zero-order valence-corrected chi connectivity index (χ0v) is 23.4. The molecule has 2 nitrogen and oxygen atoms in total. The van der Waals surface area contributed by atoms with Crippen molar-refractivity contribution in [3.8, 4) is 0 Å². The predicted molar refractivity (Wildman–Crippen MR) is 147 cm³/mol. The molecular formula is C31H61N2+. The SMILES string of the molecule is CCCCCCCCCCCCCCCCn1cc[n+](C(C)C)c1CCCCCCCCC. The summed E-state index contributed by atoms with van der Waals surface area (Å²) in [4.78, 5) is 0. The third-order valence-electron chi connectivity index (χ3n) is 7.35. The van der Waals surface area contributed by atoms with Crippen molar-refractivity contribution in [2.24, 2.45) is 0 Å². The van der Waals surface area contributed by atoms with Gasteiger partial charge in [-0.15, -0.1) is 0 Å². The lowest BCUT2D eigenvalue weighted by atomic mass is 10.0. The first kappa shape index (κ1) is 30.2. The van der Waals surface area contributed by atoms with Crippen molar-refractivity contribution in [1.29, 1.82) is 0 Å². The number of aryl methyl sites for hydroxylation is 1. The van der Waals surface area contributed by atoms with Crippen molar-refractivity contribution in [2.75, 3.05) is 0 Å². The van der Waals surface area contributed by atoms with Gasteiger partial charge in [-0.25, -0.2) is 9.13 Å².